The molecule has 0 bridgehead atoms. The third-order valence-electron chi connectivity index (χ3n) is 3.46. The van der Waals surface area contributed by atoms with Gasteiger partial charge in [0.15, 0.2) is 0 Å². The maximum atomic E-state index is 11.9. The Morgan fingerprint density at radius 2 is 1.81 bits per heavy atom. The Bertz CT molecular complexity index is 429. The lowest BCUT2D eigenvalue weighted by Gasteiger charge is -2.23. The van der Waals surface area contributed by atoms with Gasteiger partial charge in [-0.25, -0.2) is 0 Å². The molecule has 1 rings (SSSR count). The predicted octanol–water partition coefficient (Wildman–Crippen LogP) is 2.38. The molecule has 0 aliphatic rings. The van der Waals surface area contributed by atoms with Crippen LogP contribution in [-0.4, -0.2) is 32.1 Å². The Kier molecular flexibility index (Phi) is 7.23. The zero-order valence-electron chi connectivity index (χ0n) is 13.8. The molecule has 0 fully saturated rings. The summed E-state index contributed by atoms with van der Waals surface area (Å²) in [5, 5.41) is 6.17. The van der Waals surface area contributed by atoms with Crippen LogP contribution in [0.1, 0.15) is 32.8 Å². The van der Waals surface area contributed by atoms with Gasteiger partial charge in [-0.1, -0.05) is 26.0 Å². The number of nitrogens with one attached hydrogen (secondary N) is 2. The highest BCUT2D eigenvalue weighted by atomic mass is 16.5. The minimum absolute atomic E-state index is 0.0604. The quantitative estimate of drug-likeness (QED) is 0.773. The first kappa shape index (κ1) is 17.5. The summed E-state index contributed by atoms with van der Waals surface area (Å²) in [6.07, 6.45) is 1.72. The minimum atomic E-state index is -0.136. The molecule has 2 atom stereocenters. The first-order valence-electron chi connectivity index (χ1n) is 7.56. The molecule has 1 amide bonds. The van der Waals surface area contributed by atoms with Crippen molar-refractivity contribution in [1.29, 1.82) is 0 Å². The SMILES string of the molecule is CNC(=O)C(CC(C)C)NC(C)Cc1ccc(OC)cc1. The molecule has 1 aromatic carbocycles. The molecule has 21 heavy (non-hydrogen) atoms. The third kappa shape index (κ3) is 6.17. The summed E-state index contributed by atoms with van der Waals surface area (Å²) in [5.41, 5.74) is 1.23. The van der Waals surface area contributed by atoms with Gasteiger partial charge in [0.2, 0.25) is 5.91 Å². The topological polar surface area (TPSA) is 50.4 Å². The zero-order valence-corrected chi connectivity index (χ0v) is 13.8. The summed E-state index contributed by atoms with van der Waals surface area (Å²) in [5.74, 6) is 1.40. The van der Waals surface area contributed by atoms with Gasteiger partial charge in [0.1, 0.15) is 5.75 Å². The highest BCUT2D eigenvalue weighted by Crippen LogP contribution is 2.13. The first-order valence-corrected chi connectivity index (χ1v) is 7.56. The van der Waals surface area contributed by atoms with E-state index in [1.165, 1.54) is 5.56 Å². The molecule has 0 saturated heterocycles. The van der Waals surface area contributed by atoms with E-state index >= 15 is 0 Å². The highest BCUT2D eigenvalue weighted by Gasteiger charge is 2.20. The fraction of sp³-hybridized carbons (Fsp3) is 0.588. The van der Waals surface area contributed by atoms with Gasteiger partial charge in [-0.3, -0.25) is 4.79 Å². The summed E-state index contributed by atoms with van der Waals surface area (Å²) in [6, 6.07) is 8.16. The molecule has 0 aliphatic heterocycles. The summed E-state index contributed by atoms with van der Waals surface area (Å²) in [7, 11) is 3.35. The second-order valence-corrected chi connectivity index (χ2v) is 5.92. The third-order valence-corrected chi connectivity index (χ3v) is 3.46. The van der Waals surface area contributed by atoms with Gasteiger partial charge >= 0.3 is 0 Å². The summed E-state index contributed by atoms with van der Waals surface area (Å²) < 4.78 is 5.16. The van der Waals surface area contributed by atoms with Crippen LogP contribution < -0.4 is 15.4 Å². The van der Waals surface area contributed by atoms with Gasteiger partial charge in [-0.05, 0) is 43.4 Å². The molecule has 2 N–H and O–H groups in total. The molecule has 1 aromatic rings. The van der Waals surface area contributed by atoms with Crippen LogP contribution in [0, 0.1) is 5.92 Å². The maximum absolute atomic E-state index is 11.9. The second kappa shape index (κ2) is 8.67. The van der Waals surface area contributed by atoms with Crippen molar-refractivity contribution in [3.05, 3.63) is 29.8 Å². The Morgan fingerprint density at radius 3 is 2.29 bits per heavy atom. The maximum Gasteiger partial charge on any atom is 0.236 e. The van der Waals surface area contributed by atoms with E-state index in [1.54, 1.807) is 14.2 Å². The summed E-state index contributed by atoms with van der Waals surface area (Å²) in [4.78, 5) is 11.9. The van der Waals surface area contributed by atoms with Gasteiger partial charge in [-0.15, -0.1) is 0 Å². The lowest BCUT2D eigenvalue weighted by Crippen LogP contribution is -2.47. The van der Waals surface area contributed by atoms with E-state index in [0.29, 0.717) is 5.92 Å². The number of amides is 1. The van der Waals surface area contributed by atoms with Crippen molar-refractivity contribution in [3.63, 3.8) is 0 Å². The van der Waals surface area contributed by atoms with E-state index in [-0.39, 0.29) is 18.0 Å². The standard InChI is InChI=1S/C17H28N2O2/c1-12(2)10-16(17(20)18-4)19-13(3)11-14-6-8-15(21-5)9-7-14/h6-9,12-13,16,19H,10-11H2,1-5H3,(H,18,20). The molecule has 2 unspecified atom stereocenters. The lowest BCUT2D eigenvalue weighted by molar-refractivity contribution is -0.123. The van der Waals surface area contributed by atoms with Crippen LogP contribution in [0.5, 0.6) is 5.75 Å². The number of likely N-dealkylation sites (N-methyl/N-ethyl adjacent to an activating group) is 1. The number of hydrogen-bond donors (Lipinski definition) is 2. The number of hydrogen-bond acceptors (Lipinski definition) is 3. The van der Waals surface area contributed by atoms with Crippen molar-refractivity contribution >= 4 is 5.91 Å². The molecular weight excluding hydrogens is 264 g/mol. The molecule has 0 spiro atoms. The summed E-state index contributed by atoms with van der Waals surface area (Å²) in [6.45, 7) is 6.37. The average Bonchev–Trinajstić information content (AvgIpc) is 2.46. The predicted molar refractivity (Wildman–Crippen MR) is 86.6 cm³/mol. The monoisotopic (exact) mass is 292 g/mol. The number of methoxy groups -OCH3 is 1. The summed E-state index contributed by atoms with van der Waals surface area (Å²) >= 11 is 0. The Morgan fingerprint density at radius 1 is 1.19 bits per heavy atom. The van der Waals surface area contributed by atoms with E-state index in [0.717, 1.165) is 18.6 Å². The molecular formula is C17H28N2O2. The number of carbonyl (C=O) groups is 1. The van der Waals surface area contributed by atoms with Crippen molar-refractivity contribution in [1.82, 2.24) is 10.6 Å². The lowest BCUT2D eigenvalue weighted by atomic mass is 10.0. The van der Waals surface area contributed by atoms with Crippen LogP contribution in [0.3, 0.4) is 0 Å². The molecule has 118 valence electrons. The Balaban J connectivity index is 2.59. The van der Waals surface area contributed by atoms with Gasteiger partial charge < -0.3 is 15.4 Å². The van der Waals surface area contributed by atoms with Crippen molar-refractivity contribution < 1.29 is 9.53 Å². The molecule has 0 aliphatic carbocycles. The average molecular weight is 292 g/mol. The number of rotatable bonds is 8. The van der Waals surface area contributed by atoms with Gasteiger partial charge in [-0.2, -0.15) is 0 Å². The number of ether oxygens (including phenoxy) is 1. The van der Waals surface area contributed by atoms with Gasteiger partial charge in [0, 0.05) is 13.1 Å². The molecule has 4 heteroatoms. The van der Waals surface area contributed by atoms with Crippen molar-refractivity contribution in [2.45, 2.75) is 45.7 Å². The second-order valence-electron chi connectivity index (χ2n) is 5.92. The first-order chi connectivity index (χ1) is 9.96. The van der Waals surface area contributed by atoms with Crippen LogP contribution in [0.4, 0.5) is 0 Å². The number of carbonyl (C=O) groups excluding carboxylic acids is 1. The minimum Gasteiger partial charge on any atom is -0.497 e. The van der Waals surface area contributed by atoms with Gasteiger partial charge in [0.05, 0.1) is 13.2 Å². The highest BCUT2D eigenvalue weighted by molar-refractivity contribution is 5.81. The van der Waals surface area contributed by atoms with E-state index in [9.17, 15) is 4.79 Å². The Labute approximate surface area is 128 Å². The zero-order chi connectivity index (χ0) is 15.8. The van der Waals surface area contributed by atoms with E-state index in [2.05, 4.69) is 43.5 Å². The van der Waals surface area contributed by atoms with E-state index in [4.69, 9.17) is 4.74 Å². The molecule has 0 heterocycles. The van der Waals surface area contributed by atoms with Crippen molar-refractivity contribution in [3.8, 4) is 5.75 Å². The Hall–Kier alpha value is -1.55. The largest absolute Gasteiger partial charge is 0.497 e. The van der Waals surface area contributed by atoms with E-state index in [1.807, 2.05) is 12.1 Å². The van der Waals surface area contributed by atoms with Gasteiger partial charge in [0.25, 0.3) is 0 Å². The van der Waals surface area contributed by atoms with Crippen LogP contribution >= 0.6 is 0 Å². The molecule has 4 nitrogen and oxygen atoms in total. The van der Waals surface area contributed by atoms with Crippen LogP contribution in [0.25, 0.3) is 0 Å². The van der Waals surface area contributed by atoms with Crippen LogP contribution in [-0.2, 0) is 11.2 Å². The molecule has 0 aromatic heterocycles. The normalized spacial score (nSPS) is 13.8. The van der Waals surface area contributed by atoms with Crippen molar-refractivity contribution in [2.75, 3.05) is 14.2 Å². The van der Waals surface area contributed by atoms with Crippen LogP contribution in [0.15, 0.2) is 24.3 Å². The number of benzene rings is 1. The molecule has 0 saturated carbocycles. The smallest absolute Gasteiger partial charge is 0.236 e. The molecule has 0 radical (unpaired) electrons. The fourth-order valence-electron chi connectivity index (χ4n) is 2.41. The van der Waals surface area contributed by atoms with Crippen LogP contribution in [0.2, 0.25) is 0 Å². The fourth-order valence-corrected chi connectivity index (χ4v) is 2.41. The van der Waals surface area contributed by atoms with E-state index < -0.39 is 0 Å². The van der Waals surface area contributed by atoms with Crippen molar-refractivity contribution in [2.24, 2.45) is 5.92 Å².